The van der Waals surface area contributed by atoms with Crippen molar-refractivity contribution in [3.8, 4) is 0 Å². The molecule has 0 spiro atoms. The summed E-state index contributed by atoms with van der Waals surface area (Å²) in [6, 6.07) is 2.76. The topological polar surface area (TPSA) is 58.6 Å². The van der Waals surface area contributed by atoms with E-state index in [2.05, 4.69) is 0 Å². The minimum absolute atomic E-state index is 0.0271. The highest BCUT2D eigenvalue weighted by Gasteiger charge is 2.26. The van der Waals surface area contributed by atoms with Crippen molar-refractivity contribution >= 4 is 40.6 Å². The molecule has 0 radical (unpaired) electrons. The Morgan fingerprint density at radius 3 is 2.68 bits per heavy atom. The molecule has 2 rings (SSSR count). The molecule has 3 amide bonds. The van der Waals surface area contributed by atoms with Crippen molar-refractivity contribution in [3.63, 3.8) is 0 Å². The Morgan fingerprint density at radius 2 is 2.08 bits per heavy atom. The minimum atomic E-state index is -1.03. The molecule has 134 valence electrons. The summed E-state index contributed by atoms with van der Waals surface area (Å²) in [5, 5.41) is 2.87. The maximum atomic E-state index is 14.1. The zero-order valence-electron chi connectivity index (χ0n) is 13.4. The Balaban J connectivity index is 2.29. The lowest BCUT2D eigenvalue weighted by atomic mass is 10.2. The van der Waals surface area contributed by atoms with Gasteiger partial charge in [0, 0.05) is 7.11 Å². The van der Waals surface area contributed by atoms with Gasteiger partial charge < -0.3 is 4.74 Å². The van der Waals surface area contributed by atoms with E-state index in [-0.39, 0.29) is 17.4 Å². The highest BCUT2D eigenvalue weighted by atomic mass is 35.5. The van der Waals surface area contributed by atoms with Gasteiger partial charge in [0.2, 0.25) is 5.13 Å². The SMILES string of the molecule is CCc1csc(F)c1N(COC)C(=O)NC(=O)c1c(F)cccc1Cl. The van der Waals surface area contributed by atoms with Gasteiger partial charge in [-0.25, -0.2) is 9.18 Å². The number of urea groups is 1. The minimum Gasteiger partial charge on any atom is -0.364 e. The number of rotatable bonds is 5. The number of ether oxygens (including phenoxy) is 1. The summed E-state index contributed by atoms with van der Waals surface area (Å²) < 4.78 is 32.8. The van der Waals surface area contributed by atoms with Crippen molar-refractivity contribution in [2.24, 2.45) is 0 Å². The molecule has 0 saturated heterocycles. The highest BCUT2D eigenvalue weighted by molar-refractivity contribution is 7.08. The number of aryl methyl sites for hydroxylation is 1. The Bertz CT molecular complexity index is 777. The van der Waals surface area contributed by atoms with Crippen LogP contribution in [0.15, 0.2) is 23.6 Å². The third-order valence-electron chi connectivity index (χ3n) is 3.36. The first-order chi connectivity index (χ1) is 11.9. The fraction of sp³-hybridized carbons (Fsp3) is 0.250. The second-order valence-corrected chi connectivity index (χ2v) is 6.18. The number of methoxy groups -OCH3 is 1. The summed E-state index contributed by atoms with van der Waals surface area (Å²) >= 11 is 6.65. The molecule has 0 aliphatic rings. The smallest absolute Gasteiger partial charge is 0.330 e. The molecule has 1 aromatic heterocycles. The standard InChI is InChI=1S/C16H15ClF2N2O3S/c1-3-9-7-25-14(19)13(9)21(8-24-2)16(23)20-15(22)12-10(17)5-4-6-11(12)18/h4-7H,3,8H2,1-2H3,(H,20,22,23). The first-order valence-corrected chi connectivity index (χ1v) is 8.48. The normalized spacial score (nSPS) is 10.6. The number of halogens is 3. The number of hydrogen-bond acceptors (Lipinski definition) is 4. The van der Waals surface area contributed by atoms with E-state index in [1.54, 1.807) is 12.3 Å². The predicted octanol–water partition coefficient (Wildman–Crippen LogP) is 4.20. The maximum Gasteiger partial charge on any atom is 0.330 e. The van der Waals surface area contributed by atoms with E-state index in [0.29, 0.717) is 12.0 Å². The van der Waals surface area contributed by atoms with Gasteiger partial charge in [0.05, 0.1) is 16.3 Å². The molecule has 0 aliphatic heterocycles. The van der Waals surface area contributed by atoms with E-state index in [9.17, 15) is 18.4 Å². The van der Waals surface area contributed by atoms with Gasteiger partial charge in [-0.3, -0.25) is 15.0 Å². The van der Waals surface area contributed by atoms with Crippen LogP contribution in [0.3, 0.4) is 0 Å². The first-order valence-electron chi connectivity index (χ1n) is 7.22. The molecule has 2 aromatic rings. The third kappa shape index (κ3) is 4.15. The molecule has 1 heterocycles. The van der Waals surface area contributed by atoms with E-state index < -0.39 is 28.4 Å². The number of imide groups is 1. The molecule has 25 heavy (non-hydrogen) atoms. The van der Waals surface area contributed by atoms with Crippen LogP contribution in [0.25, 0.3) is 0 Å². The lowest BCUT2D eigenvalue weighted by molar-refractivity contribution is 0.0959. The number of thiophene rings is 1. The second kappa shape index (κ2) is 8.37. The van der Waals surface area contributed by atoms with Crippen LogP contribution < -0.4 is 10.2 Å². The van der Waals surface area contributed by atoms with Crippen LogP contribution in [0.4, 0.5) is 19.3 Å². The van der Waals surface area contributed by atoms with Gasteiger partial charge in [0.15, 0.2) is 0 Å². The van der Waals surface area contributed by atoms with E-state index >= 15 is 0 Å². The summed E-state index contributed by atoms with van der Waals surface area (Å²) in [5.41, 5.74) is 0.154. The van der Waals surface area contributed by atoms with Crippen molar-refractivity contribution in [2.45, 2.75) is 13.3 Å². The molecule has 1 N–H and O–H groups in total. The number of hydrogen-bond donors (Lipinski definition) is 1. The van der Waals surface area contributed by atoms with Crippen LogP contribution in [0.1, 0.15) is 22.8 Å². The summed E-state index contributed by atoms with van der Waals surface area (Å²) in [6.07, 6.45) is 0.482. The summed E-state index contributed by atoms with van der Waals surface area (Å²) in [6.45, 7) is 1.52. The number of nitrogens with one attached hydrogen (secondary N) is 1. The second-order valence-electron chi connectivity index (χ2n) is 4.94. The fourth-order valence-electron chi connectivity index (χ4n) is 2.19. The van der Waals surface area contributed by atoms with Crippen molar-refractivity contribution < 1.29 is 23.1 Å². The van der Waals surface area contributed by atoms with Gasteiger partial charge in [0.25, 0.3) is 5.91 Å². The van der Waals surface area contributed by atoms with Crippen LogP contribution in [0.5, 0.6) is 0 Å². The zero-order valence-corrected chi connectivity index (χ0v) is 15.0. The molecule has 0 atom stereocenters. The molecule has 1 aromatic carbocycles. The van der Waals surface area contributed by atoms with Gasteiger partial charge >= 0.3 is 6.03 Å². The van der Waals surface area contributed by atoms with E-state index in [4.69, 9.17) is 16.3 Å². The van der Waals surface area contributed by atoms with Crippen molar-refractivity contribution in [1.82, 2.24) is 5.32 Å². The van der Waals surface area contributed by atoms with Crippen molar-refractivity contribution in [3.05, 3.63) is 50.7 Å². The molecule has 0 aliphatic carbocycles. The third-order valence-corrected chi connectivity index (χ3v) is 4.48. The van der Waals surface area contributed by atoms with Gasteiger partial charge in [-0.15, -0.1) is 11.3 Å². The number of carbonyl (C=O) groups excluding carboxylic acids is 2. The maximum absolute atomic E-state index is 14.1. The Morgan fingerprint density at radius 1 is 1.36 bits per heavy atom. The Labute approximate surface area is 152 Å². The number of nitrogens with zero attached hydrogens (tertiary/aromatic N) is 1. The number of amides is 3. The van der Waals surface area contributed by atoms with Crippen LogP contribution in [0.2, 0.25) is 5.02 Å². The summed E-state index contributed by atoms with van der Waals surface area (Å²) in [5.74, 6) is -1.89. The molecule has 0 fully saturated rings. The van der Waals surface area contributed by atoms with Gasteiger partial charge in [-0.2, -0.15) is 4.39 Å². The number of benzene rings is 1. The van der Waals surface area contributed by atoms with E-state index in [0.717, 1.165) is 22.3 Å². The Kier molecular flexibility index (Phi) is 6.46. The highest BCUT2D eigenvalue weighted by Crippen LogP contribution is 2.31. The molecule has 0 bridgehead atoms. The fourth-order valence-corrected chi connectivity index (χ4v) is 3.31. The largest absolute Gasteiger partial charge is 0.364 e. The molecular formula is C16H15ClF2N2O3S. The molecule has 5 nitrogen and oxygen atoms in total. The Hall–Kier alpha value is -2.03. The van der Waals surface area contributed by atoms with Crippen LogP contribution in [-0.4, -0.2) is 25.8 Å². The zero-order chi connectivity index (χ0) is 18.6. The number of carbonyl (C=O) groups is 2. The lowest BCUT2D eigenvalue weighted by Crippen LogP contribution is -2.44. The van der Waals surface area contributed by atoms with Gasteiger partial charge in [-0.1, -0.05) is 24.6 Å². The van der Waals surface area contributed by atoms with Gasteiger partial charge in [-0.05, 0) is 29.5 Å². The van der Waals surface area contributed by atoms with Crippen LogP contribution in [-0.2, 0) is 11.2 Å². The van der Waals surface area contributed by atoms with Crippen molar-refractivity contribution in [2.75, 3.05) is 18.7 Å². The van der Waals surface area contributed by atoms with E-state index in [1.807, 2.05) is 5.32 Å². The molecule has 0 unspecified atom stereocenters. The van der Waals surface area contributed by atoms with Gasteiger partial charge in [0.1, 0.15) is 12.5 Å². The monoisotopic (exact) mass is 388 g/mol. The lowest BCUT2D eigenvalue weighted by Gasteiger charge is -2.22. The first kappa shape index (κ1) is 19.3. The quantitative estimate of drug-likeness (QED) is 0.781. The predicted molar refractivity (Wildman–Crippen MR) is 92.3 cm³/mol. The molecule has 9 heteroatoms. The molecular weight excluding hydrogens is 374 g/mol. The average Bonchev–Trinajstić information content (AvgIpc) is 2.92. The molecule has 0 saturated carbocycles. The van der Waals surface area contributed by atoms with Crippen LogP contribution >= 0.6 is 22.9 Å². The van der Waals surface area contributed by atoms with Crippen molar-refractivity contribution in [1.29, 1.82) is 0 Å². The van der Waals surface area contributed by atoms with E-state index in [1.165, 1.54) is 19.2 Å². The summed E-state index contributed by atoms with van der Waals surface area (Å²) in [4.78, 5) is 25.6. The summed E-state index contributed by atoms with van der Waals surface area (Å²) in [7, 11) is 1.33. The van der Waals surface area contributed by atoms with Crippen LogP contribution in [0, 0.1) is 10.9 Å². The number of anilines is 1. The average molecular weight is 389 g/mol.